The first-order chi connectivity index (χ1) is 11.8. The number of nitrogens with zero attached hydrogens (tertiary/aromatic N) is 2. The van der Waals surface area contributed by atoms with Gasteiger partial charge in [-0.15, -0.1) is 24.0 Å². The first kappa shape index (κ1) is 20.0. The maximum atomic E-state index is 11.8. The van der Waals surface area contributed by atoms with Crippen LogP contribution in [0, 0.1) is 0 Å². The van der Waals surface area contributed by atoms with E-state index in [0.717, 1.165) is 44.7 Å². The number of rotatable bonds is 5. The molecular formula is C19H28IN3O2. The number of carbonyl (C=O) groups is 1. The Morgan fingerprint density at radius 3 is 2.84 bits per heavy atom. The van der Waals surface area contributed by atoms with Gasteiger partial charge in [-0.1, -0.05) is 18.2 Å². The van der Waals surface area contributed by atoms with Gasteiger partial charge in [-0.2, -0.15) is 0 Å². The van der Waals surface area contributed by atoms with Crippen LogP contribution in [-0.2, 0) is 16.0 Å². The Morgan fingerprint density at radius 1 is 1.32 bits per heavy atom. The molecule has 1 fully saturated rings. The minimum atomic E-state index is -0.0646. The van der Waals surface area contributed by atoms with Crippen LogP contribution in [0.1, 0.15) is 44.1 Å². The number of ether oxygens (including phenoxy) is 1. The fourth-order valence-corrected chi connectivity index (χ4v) is 3.54. The van der Waals surface area contributed by atoms with Gasteiger partial charge in [0.15, 0.2) is 5.96 Å². The number of nitrogens with one attached hydrogen (secondary N) is 1. The van der Waals surface area contributed by atoms with Gasteiger partial charge in [0.05, 0.1) is 0 Å². The van der Waals surface area contributed by atoms with Gasteiger partial charge in [0, 0.05) is 32.2 Å². The van der Waals surface area contributed by atoms with Gasteiger partial charge in [0.25, 0.3) is 0 Å². The molecule has 1 N–H and O–H groups in total. The molecule has 0 radical (unpaired) electrons. The molecule has 0 amide bonds. The minimum Gasteiger partial charge on any atom is -0.462 e. The monoisotopic (exact) mass is 457 g/mol. The van der Waals surface area contributed by atoms with Crippen molar-refractivity contribution in [2.24, 2.45) is 4.99 Å². The van der Waals surface area contributed by atoms with Crippen molar-refractivity contribution in [3.05, 3.63) is 29.8 Å². The molecule has 1 heterocycles. The highest BCUT2D eigenvalue weighted by molar-refractivity contribution is 14.0. The van der Waals surface area contributed by atoms with E-state index in [1.165, 1.54) is 24.1 Å². The molecule has 1 aromatic carbocycles. The summed E-state index contributed by atoms with van der Waals surface area (Å²) in [5, 5.41) is 3.37. The molecule has 2 aliphatic rings. The summed E-state index contributed by atoms with van der Waals surface area (Å²) in [4.78, 5) is 18.4. The van der Waals surface area contributed by atoms with Crippen molar-refractivity contribution in [2.45, 2.75) is 51.0 Å². The van der Waals surface area contributed by atoms with Crippen LogP contribution in [0.25, 0.3) is 0 Å². The molecule has 1 aliphatic carbocycles. The third-order valence-corrected chi connectivity index (χ3v) is 4.80. The first-order valence-electron chi connectivity index (χ1n) is 9.03. The highest BCUT2D eigenvalue weighted by atomic mass is 127. The number of benzene rings is 1. The largest absolute Gasteiger partial charge is 0.462 e. The summed E-state index contributed by atoms with van der Waals surface area (Å²) in [6, 6.07) is 8.44. The Balaban J connectivity index is 0.00000225. The Morgan fingerprint density at radius 2 is 2.08 bits per heavy atom. The molecule has 1 saturated carbocycles. The molecule has 0 saturated heterocycles. The van der Waals surface area contributed by atoms with E-state index in [9.17, 15) is 4.79 Å². The summed E-state index contributed by atoms with van der Waals surface area (Å²) >= 11 is 0. The quantitative estimate of drug-likeness (QED) is 0.242. The summed E-state index contributed by atoms with van der Waals surface area (Å²) < 4.78 is 5.48. The van der Waals surface area contributed by atoms with E-state index in [-0.39, 0.29) is 36.0 Å². The van der Waals surface area contributed by atoms with Crippen molar-refractivity contribution in [3.63, 3.8) is 0 Å². The lowest BCUT2D eigenvalue weighted by molar-refractivity contribution is -0.148. The standard InChI is InChI=1S/C19H27N3O2.HI/c1-20-19(22-14-12-15-7-2-5-10-17(15)22)21-13-6-11-18(23)24-16-8-3-4-9-16;/h2,5,7,10,16H,3-4,6,8-9,11-14H2,1H3,(H,20,21);1H. The van der Waals surface area contributed by atoms with Gasteiger partial charge in [0.2, 0.25) is 0 Å². The molecule has 138 valence electrons. The number of para-hydroxylation sites is 1. The Hall–Kier alpha value is -1.31. The minimum absolute atomic E-state index is 0. The lowest BCUT2D eigenvalue weighted by atomic mass is 10.2. The number of halogens is 1. The molecule has 3 rings (SSSR count). The van der Waals surface area contributed by atoms with E-state index in [1.54, 1.807) is 7.05 Å². The average molecular weight is 457 g/mol. The second-order valence-electron chi connectivity index (χ2n) is 6.50. The Labute approximate surface area is 167 Å². The van der Waals surface area contributed by atoms with Gasteiger partial charge in [-0.3, -0.25) is 9.79 Å². The van der Waals surface area contributed by atoms with E-state index in [0.29, 0.717) is 6.42 Å². The van der Waals surface area contributed by atoms with Gasteiger partial charge in [0.1, 0.15) is 6.10 Å². The molecule has 1 aromatic rings. The first-order valence-corrected chi connectivity index (χ1v) is 9.03. The summed E-state index contributed by atoms with van der Waals surface area (Å²) in [6.07, 6.45) is 6.89. The highest BCUT2D eigenvalue weighted by Crippen LogP contribution is 2.27. The second-order valence-corrected chi connectivity index (χ2v) is 6.50. The maximum Gasteiger partial charge on any atom is 0.306 e. The number of carbonyl (C=O) groups excluding carboxylic acids is 1. The molecule has 0 bridgehead atoms. The molecular weight excluding hydrogens is 429 g/mol. The molecule has 0 atom stereocenters. The maximum absolute atomic E-state index is 11.8. The third kappa shape index (κ3) is 5.33. The van der Waals surface area contributed by atoms with Crippen LogP contribution in [0.2, 0.25) is 0 Å². The number of aliphatic imine (C=N–C) groups is 1. The predicted molar refractivity (Wildman–Crippen MR) is 112 cm³/mol. The van der Waals surface area contributed by atoms with E-state index < -0.39 is 0 Å². The fourth-order valence-electron chi connectivity index (χ4n) is 3.54. The predicted octanol–water partition coefficient (Wildman–Crippen LogP) is 3.51. The fraction of sp³-hybridized carbons (Fsp3) is 0.579. The van der Waals surface area contributed by atoms with E-state index in [4.69, 9.17) is 4.74 Å². The lowest BCUT2D eigenvalue weighted by Crippen LogP contribution is -2.41. The van der Waals surface area contributed by atoms with Crippen molar-refractivity contribution >= 4 is 41.6 Å². The number of hydrogen-bond acceptors (Lipinski definition) is 3. The molecule has 5 nitrogen and oxygen atoms in total. The van der Waals surface area contributed by atoms with Crippen molar-refractivity contribution in [3.8, 4) is 0 Å². The van der Waals surface area contributed by atoms with Crippen LogP contribution in [0.3, 0.4) is 0 Å². The topological polar surface area (TPSA) is 53.9 Å². The summed E-state index contributed by atoms with van der Waals surface area (Å²) in [7, 11) is 1.80. The number of esters is 1. The van der Waals surface area contributed by atoms with Gasteiger partial charge in [-0.05, 0) is 50.2 Å². The molecule has 0 unspecified atom stereocenters. The van der Waals surface area contributed by atoms with Crippen LogP contribution >= 0.6 is 24.0 Å². The van der Waals surface area contributed by atoms with Gasteiger partial charge in [-0.25, -0.2) is 0 Å². The van der Waals surface area contributed by atoms with Crippen molar-refractivity contribution in [1.29, 1.82) is 0 Å². The van der Waals surface area contributed by atoms with Crippen molar-refractivity contribution < 1.29 is 9.53 Å². The molecule has 0 spiro atoms. The Bertz CT molecular complexity index is 600. The highest BCUT2D eigenvalue weighted by Gasteiger charge is 2.22. The zero-order chi connectivity index (χ0) is 16.8. The number of fused-ring (bicyclic) bond motifs is 1. The molecule has 1 aliphatic heterocycles. The van der Waals surface area contributed by atoms with E-state index in [1.807, 2.05) is 0 Å². The SMILES string of the molecule is CN=C(NCCCC(=O)OC1CCCC1)N1CCc2ccccc21.I. The summed E-state index contributed by atoms with van der Waals surface area (Å²) in [5.41, 5.74) is 2.59. The zero-order valence-corrected chi connectivity index (χ0v) is 17.2. The van der Waals surface area contributed by atoms with Crippen LogP contribution in [0.5, 0.6) is 0 Å². The molecule has 0 aromatic heterocycles. The van der Waals surface area contributed by atoms with Gasteiger partial charge >= 0.3 is 5.97 Å². The van der Waals surface area contributed by atoms with Crippen molar-refractivity contribution in [1.82, 2.24) is 5.32 Å². The van der Waals surface area contributed by atoms with Crippen LogP contribution < -0.4 is 10.2 Å². The number of guanidine groups is 1. The van der Waals surface area contributed by atoms with E-state index in [2.05, 4.69) is 39.5 Å². The summed E-state index contributed by atoms with van der Waals surface area (Å²) in [5.74, 6) is 0.814. The lowest BCUT2D eigenvalue weighted by Gasteiger charge is -2.22. The Kier molecular flexibility index (Phi) is 7.99. The van der Waals surface area contributed by atoms with Crippen molar-refractivity contribution in [2.75, 3.05) is 25.0 Å². The second kappa shape index (κ2) is 9.99. The smallest absolute Gasteiger partial charge is 0.306 e. The van der Waals surface area contributed by atoms with Crippen LogP contribution in [0.4, 0.5) is 5.69 Å². The molecule has 6 heteroatoms. The molecule has 25 heavy (non-hydrogen) atoms. The van der Waals surface area contributed by atoms with E-state index >= 15 is 0 Å². The normalized spacial score (nSPS) is 17.2. The van der Waals surface area contributed by atoms with Crippen LogP contribution in [-0.4, -0.2) is 38.2 Å². The zero-order valence-electron chi connectivity index (χ0n) is 14.9. The van der Waals surface area contributed by atoms with Crippen LogP contribution in [0.15, 0.2) is 29.3 Å². The average Bonchev–Trinajstić information content (AvgIpc) is 3.25. The number of hydrogen-bond donors (Lipinski definition) is 1. The summed E-state index contributed by atoms with van der Waals surface area (Å²) in [6.45, 7) is 1.67. The van der Waals surface area contributed by atoms with Gasteiger partial charge < -0.3 is 15.0 Å². The number of anilines is 1. The third-order valence-electron chi connectivity index (χ3n) is 4.80.